The van der Waals surface area contributed by atoms with Gasteiger partial charge in [0.25, 0.3) is 0 Å². The van der Waals surface area contributed by atoms with Crippen LogP contribution in [0.4, 0.5) is 0 Å². The molecule has 0 radical (unpaired) electrons. The molecule has 6 heteroatoms. The number of ether oxygens (including phenoxy) is 3. The van der Waals surface area contributed by atoms with E-state index in [9.17, 15) is 14.4 Å². The summed E-state index contributed by atoms with van der Waals surface area (Å²) in [5.74, 6) is -1.17. The van der Waals surface area contributed by atoms with Crippen LogP contribution in [0.5, 0.6) is 0 Å². The van der Waals surface area contributed by atoms with Gasteiger partial charge in [0.15, 0.2) is 6.10 Å². The summed E-state index contributed by atoms with van der Waals surface area (Å²) in [6, 6.07) is 0. The van der Waals surface area contributed by atoms with Crippen LogP contribution < -0.4 is 0 Å². The Morgan fingerprint density at radius 1 is 0.296 bits per heavy atom. The van der Waals surface area contributed by atoms with Crippen LogP contribution in [0.2, 0.25) is 0 Å². The van der Waals surface area contributed by atoms with Crippen molar-refractivity contribution in [2.24, 2.45) is 0 Å². The zero-order chi connectivity index (χ0) is 51.4. The zero-order valence-electron chi connectivity index (χ0n) is 44.9. The van der Waals surface area contributed by atoms with Gasteiger partial charge in [-0.05, 0) is 135 Å². The molecular formula is C65H98O6. The van der Waals surface area contributed by atoms with Gasteiger partial charge in [0.2, 0.25) is 0 Å². The molecule has 0 spiro atoms. The highest BCUT2D eigenvalue weighted by Crippen LogP contribution is 2.09. The maximum absolute atomic E-state index is 12.8. The van der Waals surface area contributed by atoms with Crippen LogP contribution in [0.25, 0.3) is 0 Å². The Bertz CT molecular complexity index is 1690. The summed E-state index contributed by atoms with van der Waals surface area (Å²) in [6.07, 6.45) is 85.0. The van der Waals surface area contributed by atoms with Gasteiger partial charge in [-0.25, -0.2) is 0 Å². The number of carbonyl (C=O) groups is 3. The van der Waals surface area contributed by atoms with Crippen molar-refractivity contribution < 1.29 is 28.6 Å². The minimum absolute atomic E-state index is 0.160. The summed E-state index contributed by atoms with van der Waals surface area (Å²) < 4.78 is 16.7. The van der Waals surface area contributed by atoms with Gasteiger partial charge in [0.1, 0.15) is 13.2 Å². The number of allylic oxidation sites excluding steroid dienone is 28. The Morgan fingerprint density at radius 2 is 0.563 bits per heavy atom. The molecule has 0 unspecified atom stereocenters. The molecule has 0 rings (SSSR count). The summed E-state index contributed by atoms with van der Waals surface area (Å²) in [5, 5.41) is 0. The highest BCUT2D eigenvalue weighted by molar-refractivity contribution is 5.71. The molecule has 6 nitrogen and oxygen atoms in total. The number of unbranched alkanes of at least 4 members (excludes halogenated alkanes) is 8. The van der Waals surface area contributed by atoms with Crippen molar-refractivity contribution in [1.82, 2.24) is 0 Å². The Hall–Kier alpha value is -5.23. The fourth-order valence-corrected chi connectivity index (χ4v) is 6.57. The number of hydrogen-bond donors (Lipinski definition) is 0. The van der Waals surface area contributed by atoms with Gasteiger partial charge < -0.3 is 14.2 Å². The summed E-state index contributed by atoms with van der Waals surface area (Å²) in [7, 11) is 0. The molecule has 0 amide bonds. The van der Waals surface area contributed by atoms with Crippen molar-refractivity contribution in [1.29, 1.82) is 0 Å². The van der Waals surface area contributed by atoms with Crippen molar-refractivity contribution >= 4 is 17.9 Å². The number of hydrogen-bond acceptors (Lipinski definition) is 6. The van der Waals surface area contributed by atoms with E-state index in [0.717, 1.165) is 89.9 Å². The lowest BCUT2D eigenvalue weighted by Gasteiger charge is -2.18. The van der Waals surface area contributed by atoms with Crippen molar-refractivity contribution in [2.45, 2.75) is 207 Å². The molecule has 1 atom stereocenters. The predicted octanol–water partition coefficient (Wildman–Crippen LogP) is 18.8. The first kappa shape index (κ1) is 65.8. The molecular weight excluding hydrogens is 877 g/mol. The van der Waals surface area contributed by atoms with Crippen LogP contribution in [0.1, 0.15) is 201 Å². The van der Waals surface area contributed by atoms with E-state index in [2.05, 4.69) is 179 Å². The fraction of sp³-hybridized carbons (Fsp3) is 0.523. The van der Waals surface area contributed by atoms with Crippen molar-refractivity contribution in [2.75, 3.05) is 13.2 Å². The lowest BCUT2D eigenvalue weighted by Crippen LogP contribution is -2.30. The monoisotopic (exact) mass is 975 g/mol. The molecule has 0 saturated heterocycles. The van der Waals surface area contributed by atoms with E-state index in [1.54, 1.807) is 0 Å². The molecule has 71 heavy (non-hydrogen) atoms. The van der Waals surface area contributed by atoms with Gasteiger partial charge in [0, 0.05) is 19.3 Å². The van der Waals surface area contributed by atoms with Crippen LogP contribution >= 0.6 is 0 Å². The van der Waals surface area contributed by atoms with Crippen LogP contribution in [-0.2, 0) is 28.6 Å². The van der Waals surface area contributed by atoms with E-state index in [1.165, 1.54) is 51.4 Å². The second-order valence-electron chi connectivity index (χ2n) is 17.4. The molecule has 0 N–H and O–H groups in total. The Morgan fingerprint density at radius 3 is 0.887 bits per heavy atom. The molecule has 0 bridgehead atoms. The average molecular weight is 975 g/mol. The fourth-order valence-electron chi connectivity index (χ4n) is 6.57. The summed E-state index contributed by atoms with van der Waals surface area (Å²) in [6.45, 7) is 6.28. The average Bonchev–Trinajstić information content (AvgIpc) is 3.37. The van der Waals surface area contributed by atoms with Crippen LogP contribution in [0.3, 0.4) is 0 Å². The van der Waals surface area contributed by atoms with Gasteiger partial charge in [-0.2, -0.15) is 0 Å². The van der Waals surface area contributed by atoms with Gasteiger partial charge >= 0.3 is 17.9 Å². The Kier molecular flexibility index (Phi) is 53.1. The van der Waals surface area contributed by atoms with Gasteiger partial charge in [0.05, 0.1) is 0 Å². The van der Waals surface area contributed by atoms with Crippen LogP contribution in [0.15, 0.2) is 170 Å². The zero-order valence-corrected chi connectivity index (χ0v) is 44.9. The SMILES string of the molecule is CCC=CCC=CCC=CCC=CCC=CCC=CCCC(=O)OC[C@@H](COC(=O)CCCC=CCC=CCC=CCC=CCCCCC)OC(=O)CCCC=CCC=CCC=CCC=CCCCCC. The van der Waals surface area contributed by atoms with Crippen molar-refractivity contribution in [3.63, 3.8) is 0 Å². The molecule has 0 aliphatic rings. The van der Waals surface area contributed by atoms with Crippen molar-refractivity contribution in [3.8, 4) is 0 Å². The van der Waals surface area contributed by atoms with Crippen molar-refractivity contribution in [3.05, 3.63) is 170 Å². The van der Waals surface area contributed by atoms with E-state index in [-0.39, 0.29) is 38.4 Å². The molecule has 394 valence electrons. The largest absolute Gasteiger partial charge is 0.462 e. The molecule has 0 fully saturated rings. The maximum Gasteiger partial charge on any atom is 0.306 e. The second-order valence-corrected chi connectivity index (χ2v) is 17.4. The smallest absolute Gasteiger partial charge is 0.306 e. The lowest BCUT2D eigenvalue weighted by molar-refractivity contribution is -0.166. The highest BCUT2D eigenvalue weighted by Gasteiger charge is 2.19. The standard InChI is InChI=1S/C65H98O6/c1-4-7-10-13-16-19-22-25-28-31-32-35-37-40-43-46-49-52-55-58-64(67)70-61-62(71-65(68)59-56-53-50-47-44-41-38-34-30-27-24-21-18-15-12-9-6-3)60-69-63(66)57-54-51-48-45-42-39-36-33-29-26-23-20-17-14-11-8-5-2/h7,10,16-21,25-30,32,35-36,38-41,43,45,47-50,52,62H,4-6,8-9,11-15,22-24,31,33-34,37,42,44,46,51,53-61H2,1-3H3/t62-/m1/s1. The van der Waals surface area contributed by atoms with Crippen LogP contribution in [-0.4, -0.2) is 37.2 Å². The predicted molar refractivity (Wildman–Crippen MR) is 306 cm³/mol. The van der Waals surface area contributed by atoms with E-state index in [4.69, 9.17) is 14.2 Å². The van der Waals surface area contributed by atoms with E-state index in [0.29, 0.717) is 19.3 Å². The Labute approximate surface area is 434 Å². The lowest BCUT2D eigenvalue weighted by atomic mass is 10.2. The number of carbonyl (C=O) groups excluding carboxylic acids is 3. The first-order valence-electron chi connectivity index (χ1n) is 27.6. The first-order chi connectivity index (χ1) is 35.0. The van der Waals surface area contributed by atoms with Crippen LogP contribution in [0, 0.1) is 0 Å². The Balaban J connectivity index is 4.71. The molecule has 0 aromatic heterocycles. The summed E-state index contributed by atoms with van der Waals surface area (Å²) >= 11 is 0. The van der Waals surface area contributed by atoms with E-state index >= 15 is 0 Å². The maximum atomic E-state index is 12.8. The third-order valence-electron chi connectivity index (χ3n) is 10.7. The summed E-state index contributed by atoms with van der Waals surface area (Å²) in [5.41, 5.74) is 0. The minimum atomic E-state index is -0.869. The van der Waals surface area contributed by atoms with E-state index < -0.39 is 18.0 Å². The number of esters is 3. The molecule has 0 aliphatic heterocycles. The molecule has 0 saturated carbocycles. The molecule has 0 aromatic rings. The highest BCUT2D eigenvalue weighted by atomic mass is 16.6. The van der Waals surface area contributed by atoms with Gasteiger partial charge in [-0.3, -0.25) is 14.4 Å². The second kappa shape index (κ2) is 57.3. The third kappa shape index (κ3) is 55.6. The number of rotatable bonds is 47. The normalized spacial score (nSPS) is 13.5. The first-order valence-corrected chi connectivity index (χ1v) is 27.6. The minimum Gasteiger partial charge on any atom is -0.462 e. The summed E-state index contributed by atoms with van der Waals surface area (Å²) in [4.78, 5) is 38.1. The topological polar surface area (TPSA) is 78.9 Å². The molecule has 0 heterocycles. The molecule has 0 aliphatic carbocycles. The third-order valence-corrected chi connectivity index (χ3v) is 10.7. The van der Waals surface area contributed by atoms with Gasteiger partial charge in [-0.1, -0.05) is 217 Å². The van der Waals surface area contributed by atoms with E-state index in [1.807, 2.05) is 12.2 Å². The van der Waals surface area contributed by atoms with Gasteiger partial charge in [-0.15, -0.1) is 0 Å². The quantitative estimate of drug-likeness (QED) is 0.0262. The molecule has 0 aromatic carbocycles.